The number of ether oxygens (including phenoxy) is 1. The van der Waals surface area contributed by atoms with Gasteiger partial charge in [0, 0.05) is 24.7 Å². The van der Waals surface area contributed by atoms with Crippen LogP contribution in [0.15, 0.2) is 24.3 Å². The van der Waals surface area contributed by atoms with E-state index in [0.717, 1.165) is 30.4 Å². The van der Waals surface area contributed by atoms with Crippen LogP contribution >= 0.6 is 0 Å². The van der Waals surface area contributed by atoms with Crippen molar-refractivity contribution in [1.29, 1.82) is 0 Å². The highest BCUT2D eigenvalue weighted by Gasteiger charge is 2.34. The smallest absolute Gasteiger partial charge is 0.238 e. The van der Waals surface area contributed by atoms with E-state index in [1.807, 2.05) is 29.2 Å². The van der Waals surface area contributed by atoms with Gasteiger partial charge in [-0.3, -0.25) is 10.1 Å². The van der Waals surface area contributed by atoms with Gasteiger partial charge in [0.15, 0.2) is 0 Å². The number of amides is 1. The number of para-hydroxylation sites is 1. The van der Waals surface area contributed by atoms with Gasteiger partial charge in [-0.25, -0.2) is 0 Å². The average Bonchev–Trinajstić information content (AvgIpc) is 3.29. The summed E-state index contributed by atoms with van der Waals surface area (Å²) in [5.41, 5.74) is 1.03. The van der Waals surface area contributed by atoms with Crippen molar-refractivity contribution in [3.8, 4) is 5.75 Å². The molecule has 2 fully saturated rings. The third-order valence-electron chi connectivity index (χ3n) is 4.38. The van der Waals surface area contributed by atoms with E-state index in [1.54, 1.807) is 7.11 Å². The summed E-state index contributed by atoms with van der Waals surface area (Å²) in [7, 11) is 3.81. The Morgan fingerprint density at radius 1 is 1.38 bits per heavy atom. The van der Waals surface area contributed by atoms with Gasteiger partial charge in [-0.2, -0.15) is 0 Å². The Labute approximate surface area is 125 Å². The van der Waals surface area contributed by atoms with E-state index in [-0.39, 0.29) is 12.1 Å². The number of likely N-dealkylation sites (N-methyl/N-ethyl adjacent to an activating group) is 1. The fourth-order valence-corrected chi connectivity index (χ4v) is 2.93. The minimum absolute atomic E-state index is 0.0822. The first kappa shape index (κ1) is 14.4. The van der Waals surface area contributed by atoms with Gasteiger partial charge in [0.05, 0.1) is 13.7 Å². The van der Waals surface area contributed by atoms with Crippen molar-refractivity contribution >= 4 is 5.91 Å². The molecule has 5 heteroatoms. The second kappa shape index (κ2) is 6.03. The van der Waals surface area contributed by atoms with Gasteiger partial charge in [0.25, 0.3) is 0 Å². The number of benzene rings is 1. The van der Waals surface area contributed by atoms with Crippen LogP contribution in [0.3, 0.4) is 0 Å². The molecule has 1 N–H and O–H groups in total. The molecule has 0 spiro atoms. The molecule has 1 atom stereocenters. The monoisotopic (exact) mass is 289 g/mol. The second-order valence-electron chi connectivity index (χ2n) is 5.82. The van der Waals surface area contributed by atoms with Crippen LogP contribution in [-0.4, -0.2) is 55.5 Å². The van der Waals surface area contributed by atoms with Crippen LogP contribution in [0.4, 0.5) is 0 Å². The molecule has 0 aromatic heterocycles. The third kappa shape index (κ3) is 3.04. The molecule has 2 aliphatic rings. The topological polar surface area (TPSA) is 44.8 Å². The molecule has 0 radical (unpaired) electrons. The van der Waals surface area contributed by atoms with Crippen LogP contribution in [0.5, 0.6) is 5.75 Å². The van der Waals surface area contributed by atoms with Gasteiger partial charge in [-0.15, -0.1) is 0 Å². The molecule has 21 heavy (non-hydrogen) atoms. The normalized spacial score (nSPS) is 22.1. The Balaban J connectivity index is 1.72. The summed E-state index contributed by atoms with van der Waals surface area (Å²) in [5.74, 6) is 0.986. The minimum Gasteiger partial charge on any atom is -0.496 e. The molecule has 1 aliphatic carbocycles. The fraction of sp³-hybridized carbons (Fsp3) is 0.562. The number of carbonyl (C=O) groups is 1. The summed E-state index contributed by atoms with van der Waals surface area (Å²) in [6, 6.07) is 8.61. The number of carbonyl (C=O) groups excluding carboxylic acids is 1. The predicted molar refractivity (Wildman–Crippen MR) is 81.1 cm³/mol. The molecule has 1 aromatic rings. The maximum atomic E-state index is 12.2. The van der Waals surface area contributed by atoms with Crippen molar-refractivity contribution in [2.45, 2.75) is 25.0 Å². The quantitative estimate of drug-likeness (QED) is 0.855. The Morgan fingerprint density at radius 3 is 2.86 bits per heavy atom. The molecule has 1 saturated carbocycles. The highest BCUT2D eigenvalue weighted by Crippen LogP contribution is 2.30. The Morgan fingerprint density at radius 2 is 2.14 bits per heavy atom. The van der Waals surface area contributed by atoms with Gasteiger partial charge in [0.1, 0.15) is 11.9 Å². The minimum atomic E-state index is -0.0822. The molecule has 5 nitrogen and oxygen atoms in total. The number of nitrogens with one attached hydrogen (secondary N) is 1. The van der Waals surface area contributed by atoms with Crippen LogP contribution in [0.2, 0.25) is 0 Å². The van der Waals surface area contributed by atoms with Crippen LogP contribution in [0.25, 0.3) is 0 Å². The highest BCUT2D eigenvalue weighted by molar-refractivity contribution is 5.81. The summed E-state index contributed by atoms with van der Waals surface area (Å²) < 4.78 is 5.43. The van der Waals surface area contributed by atoms with E-state index >= 15 is 0 Å². The van der Waals surface area contributed by atoms with Crippen LogP contribution in [0, 0.1) is 0 Å². The summed E-state index contributed by atoms with van der Waals surface area (Å²) >= 11 is 0. The maximum absolute atomic E-state index is 12.2. The van der Waals surface area contributed by atoms with E-state index in [1.165, 1.54) is 12.8 Å². The number of methoxy groups -OCH3 is 1. The zero-order chi connectivity index (χ0) is 14.8. The molecule has 0 bridgehead atoms. The van der Waals surface area contributed by atoms with Crippen molar-refractivity contribution in [2.75, 3.05) is 33.8 Å². The molecule has 1 saturated heterocycles. The zero-order valence-electron chi connectivity index (χ0n) is 12.7. The lowest BCUT2D eigenvalue weighted by Crippen LogP contribution is -2.37. The third-order valence-corrected chi connectivity index (χ3v) is 4.38. The summed E-state index contributed by atoms with van der Waals surface area (Å²) in [6.07, 6.45) is 2.50. The van der Waals surface area contributed by atoms with Gasteiger partial charge in [0.2, 0.25) is 5.91 Å². The number of nitrogens with zero attached hydrogens (tertiary/aromatic N) is 2. The van der Waals surface area contributed by atoms with Gasteiger partial charge in [-0.1, -0.05) is 18.2 Å². The van der Waals surface area contributed by atoms with Crippen molar-refractivity contribution in [3.05, 3.63) is 29.8 Å². The highest BCUT2D eigenvalue weighted by atomic mass is 16.5. The molecule has 1 amide bonds. The van der Waals surface area contributed by atoms with Crippen molar-refractivity contribution in [1.82, 2.24) is 15.1 Å². The Bertz CT molecular complexity index is 516. The SMILES string of the molecule is COc1ccccc1C1NCC(=O)N1CCN(C)C1CC1. The second-order valence-corrected chi connectivity index (χ2v) is 5.82. The fourth-order valence-electron chi connectivity index (χ4n) is 2.93. The van der Waals surface area contributed by atoms with Gasteiger partial charge >= 0.3 is 0 Å². The van der Waals surface area contributed by atoms with Crippen LogP contribution in [-0.2, 0) is 4.79 Å². The van der Waals surface area contributed by atoms with Crippen molar-refractivity contribution in [3.63, 3.8) is 0 Å². The molecule has 114 valence electrons. The van der Waals surface area contributed by atoms with E-state index in [4.69, 9.17) is 4.74 Å². The lowest BCUT2D eigenvalue weighted by molar-refractivity contribution is -0.128. The lowest BCUT2D eigenvalue weighted by atomic mass is 10.1. The van der Waals surface area contributed by atoms with Crippen LogP contribution in [0.1, 0.15) is 24.6 Å². The molecular formula is C16H23N3O2. The summed E-state index contributed by atoms with van der Waals surface area (Å²) in [5, 5.41) is 3.29. The standard InChI is InChI=1S/C16H23N3O2/c1-18(12-7-8-12)9-10-19-15(20)11-17-16(19)13-5-3-4-6-14(13)21-2/h3-6,12,16-17H,7-11H2,1-2H3. The average molecular weight is 289 g/mol. The zero-order valence-corrected chi connectivity index (χ0v) is 12.7. The summed E-state index contributed by atoms with van der Waals surface area (Å²) in [6.45, 7) is 2.07. The number of rotatable bonds is 6. The first-order valence-electron chi connectivity index (χ1n) is 7.56. The van der Waals surface area contributed by atoms with Gasteiger partial charge in [-0.05, 0) is 26.0 Å². The van der Waals surface area contributed by atoms with E-state index < -0.39 is 0 Å². The first-order chi connectivity index (χ1) is 10.2. The van der Waals surface area contributed by atoms with Crippen LogP contribution < -0.4 is 10.1 Å². The number of hydrogen-bond donors (Lipinski definition) is 1. The molecule has 1 unspecified atom stereocenters. The van der Waals surface area contributed by atoms with E-state index in [2.05, 4.69) is 17.3 Å². The predicted octanol–water partition coefficient (Wildman–Crippen LogP) is 1.22. The Kier molecular flexibility index (Phi) is 4.12. The molecular weight excluding hydrogens is 266 g/mol. The van der Waals surface area contributed by atoms with Gasteiger partial charge < -0.3 is 14.5 Å². The van der Waals surface area contributed by atoms with E-state index in [9.17, 15) is 4.79 Å². The number of hydrogen-bond acceptors (Lipinski definition) is 4. The molecule has 1 aromatic carbocycles. The van der Waals surface area contributed by atoms with Crippen molar-refractivity contribution < 1.29 is 9.53 Å². The first-order valence-corrected chi connectivity index (χ1v) is 7.56. The molecule has 3 rings (SSSR count). The maximum Gasteiger partial charge on any atom is 0.238 e. The molecule has 1 aliphatic heterocycles. The summed E-state index contributed by atoms with van der Waals surface area (Å²) in [4.78, 5) is 16.4. The largest absolute Gasteiger partial charge is 0.496 e. The lowest BCUT2D eigenvalue weighted by Gasteiger charge is -2.28. The molecule has 1 heterocycles. The van der Waals surface area contributed by atoms with E-state index in [0.29, 0.717) is 6.54 Å². The Hall–Kier alpha value is -1.59. The van der Waals surface area contributed by atoms with Crippen molar-refractivity contribution in [2.24, 2.45) is 0 Å².